The highest BCUT2D eigenvalue weighted by Gasteiger charge is 2.13. The monoisotopic (exact) mass is 178 g/mol. The molecule has 1 rings (SSSR count). The van der Waals surface area contributed by atoms with Crippen molar-refractivity contribution in [2.75, 3.05) is 6.26 Å². The van der Waals surface area contributed by atoms with Crippen LogP contribution in [-0.4, -0.2) is 16.0 Å². The Labute approximate surface area is 67.6 Å². The second-order valence-corrected chi connectivity index (χ2v) is 2.85. The molecule has 0 aliphatic carbocycles. The highest BCUT2D eigenvalue weighted by atomic mass is 32.2. The minimum absolute atomic E-state index is 0.528. The molecular formula is C6H8F2N2S. The van der Waals surface area contributed by atoms with E-state index in [9.17, 15) is 8.78 Å². The van der Waals surface area contributed by atoms with Crippen LogP contribution in [0.1, 0.15) is 12.1 Å². The summed E-state index contributed by atoms with van der Waals surface area (Å²) in [6.07, 6.45) is 3.20. The molecule has 5 heteroatoms. The predicted molar refractivity (Wildman–Crippen MR) is 40.0 cm³/mol. The number of aryl methyl sites for hydroxylation is 1. The van der Waals surface area contributed by atoms with Crippen molar-refractivity contribution in [2.24, 2.45) is 0 Å². The molecular weight excluding hydrogens is 170 g/mol. The van der Waals surface area contributed by atoms with Gasteiger partial charge in [-0.15, -0.1) is 11.8 Å². The zero-order chi connectivity index (χ0) is 8.43. The molecule has 11 heavy (non-hydrogen) atoms. The van der Waals surface area contributed by atoms with E-state index in [-0.39, 0.29) is 0 Å². The van der Waals surface area contributed by atoms with Gasteiger partial charge in [-0.25, -0.2) is 0 Å². The minimum atomic E-state index is -2.54. The van der Waals surface area contributed by atoms with Crippen LogP contribution in [0.4, 0.5) is 8.78 Å². The van der Waals surface area contributed by atoms with E-state index in [1.807, 2.05) is 0 Å². The molecule has 0 unspecified atom stereocenters. The Hall–Kier alpha value is -0.580. The zero-order valence-electron chi connectivity index (χ0n) is 6.21. The van der Waals surface area contributed by atoms with Crippen molar-refractivity contribution in [3.05, 3.63) is 11.8 Å². The fraction of sp³-hybridized carbons (Fsp3) is 0.500. The molecule has 0 amide bonds. The summed E-state index contributed by atoms with van der Waals surface area (Å²) in [5.74, 6) is 0. The van der Waals surface area contributed by atoms with Crippen LogP contribution in [0, 0.1) is 6.92 Å². The zero-order valence-corrected chi connectivity index (χ0v) is 7.03. The van der Waals surface area contributed by atoms with Crippen LogP contribution in [0.15, 0.2) is 11.2 Å². The largest absolute Gasteiger partial charge is 0.334 e. The van der Waals surface area contributed by atoms with Gasteiger partial charge >= 0.3 is 6.55 Å². The minimum Gasteiger partial charge on any atom is -0.197 e. The molecule has 0 saturated heterocycles. The van der Waals surface area contributed by atoms with Crippen LogP contribution in [-0.2, 0) is 0 Å². The molecule has 1 aromatic heterocycles. The fourth-order valence-electron chi connectivity index (χ4n) is 0.831. The van der Waals surface area contributed by atoms with E-state index >= 15 is 0 Å². The summed E-state index contributed by atoms with van der Waals surface area (Å²) in [6.45, 7) is -0.774. The average molecular weight is 178 g/mol. The summed E-state index contributed by atoms with van der Waals surface area (Å²) in [5, 5.41) is 4.06. The Bertz CT molecular complexity index is 247. The van der Waals surface area contributed by atoms with Crippen molar-refractivity contribution in [1.82, 2.24) is 9.78 Å². The van der Waals surface area contributed by atoms with Gasteiger partial charge in [0, 0.05) is 5.56 Å². The molecule has 0 aliphatic rings. The topological polar surface area (TPSA) is 17.8 Å². The second kappa shape index (κ2) is 3.21. The summed E-state index contributed by atoms with van der Waals surface area (Å²) in [6, 6.07) is 0. The van der Waals surface area contributed by atoms with Crippen LogP contribution in [0.5, 0.6) is 0 Å². The van der Waals surface area contributed by atoms with Gasteiger partial charge in [-0.2, -0.15) is 18.6 Å². The predicted octanol–water partition coefficient (Wildman–Crippen LogP) is 2.31. The lowest BCUT2D eigenvalue weighted by molar-refractivity contribution is 0.0473. The van der Waals surface area contributed by atoms with Gasteiger partial charge in [0.15, 0.2) is 0 Å². The lowest BCUT2D eigenvalue weighted by Crippen LogP contribution is -2.01. The molecule has 0 aliphatic heterocycles. The van der Waals surface area contributed by atoms with Crippen molar-refractivity contribution in [3.63, 3.8) is 0 Å². The molecule has 1 heterocycles. The van der Waals surface area contributed by atoms with Gasteiger partial charge in [0.25, 0.3) is 0 Å². The third-order valence-corrected chi connectivity index (χ3v) is 2.20. The van der Waals surface area contributed by atoms with Gasteiger partial charge in [0.1, 0.15) is 5.03 Å². The lowest BCUT2D eigenvalue weighted by Gasteiger charge is -2.02. The SMILES string of the molecule is CSc1c(C)cnn1C(F)F. The quantitative estimate of drug-likeness (QED) is 0.647. The van der Waals surface area contributed by atoms with Gasteiger partial charge < -0.3 is 0 Å². The molecule has 0 radical (unpaired) electrons. The van der Waals surface area contributed by atoms with Crippen molar-refractivity contribution in [3.8, 4) is 0 Å². The van der Waals surface area contributed by atoms with E-state index in [0.717, 1.165) is 10.2 Å². The molecule has 1 aromatic rings. The van der Waals surface area contributed by atoms with Crippen molar-refractivity contribution in [2.45, 2.75) is 18.5 Å². The van der Waals surface area contributed by atoms with E-state index in [4.69, 9.17) is 0 Å². The molecule has 0 aromatic carbocycles. The van der Waals surface area contributed by atoms with E-state index in [0.29, 0.717) is 5.03 Å². The molecule has 0 bridgehead atoms. The van der Waals surface area contributed by atoms with Crippen molar-refractivity contribution < 1.29 is 8.78 Å². The number of hydrogen-bond acceptors (Lipinski definition) is 2. The normalized spacial score (nSPS) is 11.0. The third kappa shape index (κ3) is 1.53. The molecule has 2 nitrogen and oxygen atoms in total. The van der Waals surface area contributed by atoms with Gasteiger partial charge in [-0.3, -0.25) is 0 Å². The number of thioether (sulfide) groups is 1. The van der Waals surface area contributed by atoms with Gasteiger partial charge in [0.05, 0.1) is 6.20 Å². The standard InChI is InChI=1S/C6H8F2N2S/c1-4-3-9-10(6(7)8)5(4)11-2/h3,6H,1-2H3. The Balaban J connectivity index is 3.05. The maximum absolute atomic E-state index is 12.1. The smallest absolute Gasteiger partial charge is 0.197 e. The number of hydrogen-bond donors (Lipinski definition) is 0. The van der Waals surface area contributed by atoms with Crippen molar-refractivity contribution >= 4 is 11.8 Å². The van der Waals surface area contributed by atoms with Crippen LogP contribution < -0.4 is 0 Å². The fourth-order valence-corrected chi connectivity index (χ4v) is 1.52. The highest BCUT2D eigenvalue weighted by Crippen LogP contribution is 2.23. The Kier molecular flexibility index (Phi) is 2.49. The maximum Gasteiger partial charge on any atom is 0.334 e. The van der Waals surface area contributed by atoms with Crippen LogP contribution in [0.25, 0.3) is 0 Å². The van der Waals surface area contributed by atoms with Crippen molar-refractivity contribution in [1.29, 1.82) is 0 Å². The first kappa shape index (κ1) is 8.52. The summed E-state index contributed by atoms with van der Waals surface area (Å²) >= 11 is 1.28. The first-order chi connectivity index (χ1) is 5.16. The van der Waals surface area contributed by atoms with E-state index < -0.39 is 6.55 Å². The van der Waals surface area contributed by atoms with E-state index in [1.165, 1.54) is 18.0 Å². The molecule has 0 atom stereocenters. The highest BCUT2D eigenvalue weighted by molar-refractivity contribution is 7.98. The van der Waals surface area contributed by atoms with Gasteiger partial charge in [0.2, 0.25) is 0 Å². The lowest BCUT2D eigenvalue weighted by atomic mass is 10.4. The number of alkyl halides is 2. The molecule has 0 saturated carbocycles. The number of halogens is 2. The average Bonchev–Trinajstić information content (AvgIpc) is 2.30. The summed E-state index contributed by atoms with van der Waals surface area (Å²) in [7, 11) is 0. The first-order valence-corrected chi connectivity index (χ1v) is 4.25. The maximum atomic E-state index is 12.1. The van der Waals surface area contributed by atoms with Gasteiger partial charge in [-0.05, 0) is 13.2 Å². The Morgan fingerprint density at radius 2 is 2.27 bits per heavy atom. The van der Waals surface area contributed by atoms with Gasteiger partial charge in [-0.1, -0.05) is 0 Å². The summed E-state index contributed by atoms with van der Waals surface area (Å²) < 4.78 is 25.0. The summed E-state index contributed by atoms with van der Waals surface area (Å²) in [4.78, 5) is 0. The molecule has 0 spiro atoms. The van der Waals surface area contributed by atoms with E-state index in [2.05, 4.69) is 5.10 Å². The number of aromatic nitrogens is 2. The molecule has 0 N–H and O–H groups in total. The second-order valence-electron chi connectivity index (χ2n) is 2.06. The van der Waals surface area contributed by atoms with Crippen LogP contribution >= 0.6 is 11.8 Å². The third-order valence-electron chi connectivity index (χ3n) is 1.30. The Morgan fingerprint density at radius 3 is 2.64 bits per heavy atom. The van der Waals surface area contributed by atoms with Crippen LogP contribution in [0.3, 0.4) is 0 Å². The van der Waals surface area contributed by atoms with E-state index in [1.54, 1.807) is 13.2 Å². The van der Waals surface area contributed by atoms with Crippen LogP contribution in [0.2, 0.25) is 0 Å². The molecule has 0 fully saturated rings. The molecule has 62 valence electrons. The number of nitrogens with zero attached hydrogens (tertiary/aromatic N) is 2. The summed E-state index contributed by atoms with van der Waals surface area (Å²) in [5.41, 5.74) is 0.790. The number of rotatable bonds is 2. The first-order valence-electron chi connectivity index (χ1n) is 3.03. The Morgan fingerprint density at radius 1 is 1.64 bits per heavy atom.